The van der Waals surface area contributed by atoms with Crippen molar-refractivity contribution in [3.63, 3.8) is 0 Å². The molecular weight excluding hydrogens is 232 g/mol. The average molecular weight is 254 g/mol. The summed E-state index contributed by atoms with van der Waals surface area (Å²) in [5, 5.41) is 9.39. The van der Waals surface area contributed by atoms with Gasteiger partial charge >= 0.3 is 0 Å². The maximum Gasteiger partial charge on any atom is 0.0440 e. The number of aliphatic hydroxyl groups excluding tert-OH is 1. The fourth-order valence-corrected chi connectivity index (χ4v) is 2.67. The molecule has 1 atom stereocenters. The Morgan fingerprint density at radius 3 is 2.00 bits per heavy atom. The first kappa shape index (κ1) is 13.8. The fourth-order valence-electron chi connectivity index (χ4n) is 2.67. The summed E-state index contributed by atoms with van der Waals surface area (Å²) in [6.45, 7) is 4.66. The fraction of sp³-hybridized carbons (Fsp3) is 0.333. The van der Waals surface area contributed by atoms with Crippen LogP contribution in [0.5, 0.6) is 0 Å². The minimum atomic E-state index is 0.214. The quantitative estimate of drug-likeness (QED) is 0.842. The maximum atomic E-state index is 9.39. The first-order valence-electron chi connectivity index (χ1n) is 6.98. The molecule has 0 fully saturated rings. The van der Waals surface area contributed by atoms with Crippen LogP contribution in [0.4, 0.5) is 0 Å². The molecule has 0 radical (unpaired) electrons. The van der Waals surface area contributed by atoms with Crippen LogP contribution in [0.3, 0.4) is 0 Å². The molecule has 0 aromatic heterocycles. The SMILES string of the molecule is CC(C)c1ccccc1C(CCO)c1ccccc1. The molecule has 0 aliphatic rings. The van der Waals surface area contributed by atoms with Crippen LogP contribution >= 0.6 is 0 Å². The van der Waals surface area contributed by atoms with E-state index >= 15 is 0 Å². The van der Waals surface area contributed by atoms with Crippen LogP contribution in [0.2, 0.25) is 0 Å². The van der Waals surface area contributed by atoms with Crippen LogP contribution in [-0.2, 0) is 0 Å². The van der Waals surface area contributed by atoms with E-state index in [1.165, 1.54) is 16.7 Å². The molecule has 2 rings (SSSR count). The van der Waals surface area contributed by atoms with E-state index in [0.717, 1.165) is 6.42 Å². The Bertz CT molecular complexity index is 502. The Kier molecular flexibility index (Phi) is 4.75. The van der Waals surface area contributed by atoms with Gasteiger partial charge in [0, 0.05) is 12.5 Å². The van der Waals surface area contributed by atoms with E-state index in [1.807, 2.05) is 6.07 Å². The van der Waals surface area contributed by atoms with Gasteiger partial charge in [0.25, 0.3) is 0 Å². The van der Waals surface area contributed by atoms with Crippen molar-refractivity contribution < 1.29 is 5.11 Å². The topological polar surface area (TPSA) is 20.2 Å². The van der Waals surface area contributed by atoms with E-state index < -0.39 is 0 Å². The van der Waals surface area contributed by atoms with Gasteiger partial charge in [0.1, 0.15) is 0 Å². The second-order valence-corrected chi connectivity index (χ2v) is 5.26. The standard InChI is InChI=1S/C18H22O/c1-14(2)16-10-6-7-11-18(16)17(12-13-19)15-8-4-3-5-9-15/h3-11,14,17,19H,12-13H2,1-2H3. The summed E-state index contributed by atoms with van der Waals surface area (Å²) < 4.78 is 0. The molecule has 0 amide bonds. The summed E-state index contributed by atoms with van der Waals surface area (Å²) in [6.07, 6.45) is 0.772. The largest absolute Gasteiger partial charge is 0.396 e. The third-order valence-corrected chi connectivity index (χ3v) is 3.61. The molecule has 100 valence electrons. The van der Waals surface area contributed by atoms with Gasteiger partial charge in [-0.05, 0) is 29.0 Å². The minimum Gasteiger partial charge on any atom is -0.396 e. The van der Waals surface area contributed by atoms with Crippen LogP contribution in [0.25, 0.3) is 0 Å². The lowest BCUT2D eigenvalue weighted by Crippen LogP contribution is -2.07. The van der Waals surface area contributed by atoms with Crippen molar-refractivity contribution in [1.29, 1.82) is 0 Å². The lowest BCUT2D eigenvalue weighted by atomic mass is 9.83. The number of aliphatic hydroxyl groups is 1. The van der Waals surface area contributed by atoms with Gasteiger partial charge in [-0.15, -0.1) is 0 Å². The monoisotopic (exact) mass is 254 g/mol. The van der Waals surface area contributed by atoms with Crippen molar-refractivity contribution in [2.45, 2.75) is 32.1 Å². The van der Waals surface area contributed by atoms with Gasteiger partial charge in [-0.3, -0.25) is 0 Å². The first-order chi connectivity index (χ1) is 9.24. The van der Waals surface area contributed by atoms with Crippen LogP contribution in [-0.4, -0.2) is 11.7 Å². The van der Waals surface area contributed by atoms with E-state index in [2.05, 4.69) is 62.4 Å². The number of rotatable bonds is 5. The lowest BCUT2D eigenvalue weighted by Gasteiger charge is -2.22. The van der Waals surface area contributed by atoms with Crippen molar-refractivity contribution in [3.8, 4) is 0 Å². The Balaban J connectivity index is 2.45. The molecule has 0 saturated carbocycles. The van der Waals surface area contributed by atoms with Crippen LogP contribution < -0.4 is 0 Å². The first-order valence-corrected chi connectivity index (χ1v) is 6.98. The highest BCUT2D eigenvalue weighted by molar-refractivity contribution is 5.39. The van der Waals surface area contributed by atoms with Crippen molar-refractivity contribution in [2.75, 3.05) is 6.61 Å². The van der Waals surface area contributed by atoms with Gasteiger partial charge in [0.15, 0.2) is 0 Å². The average Bonchev–Trinajstić information content (AvgIpc) is 2.45. The second kappa shape index (κ2) is 6.53. The molecule has 1 unspecified atom stereocenters. The zero-order valence-electron chi connectivity index (χ0n) is 11.7. The van der Waals surface area contributed by atoms with Gasteiger partial charge in [-0.2, -0.15) is 0 Å². The normalized spacial score (nSPS) is 12.6. The van der Waals surface area contributed by atoms with E-state index in [1.54, 1.807) is 0 Å². The Morgan fingerprint density at radius 2 is 1.42 bits per heavy atom. The summed E-state index contributed by atoms with van der Waals surface area (Å²) in [4.78, 5) is 0. The van der Waals surface area contributed by atoms with Gasteiger partial charge in [-0.1, -0.05) is 68.4 Å². The molecule has 1 heteroatoms. The Labute approximate surface area is 115 Å². The predicted octanol–water partition coefficient (Wildman–Crippen LogP) is 4.32. The highest BCUT2D eigenvalue weighted by Gasteiger charge is 2.17. The van der Waals surface area contributed by atoms with E-state index in [0.29, 0.717) is 5.92 Å². The molecule has 0 aliphatic carbocycles. The lowest BCUT2D eigenvalue weighted by molar-refractivity contribution is 0.281. The van der Waals surface area contributed by atoms with Crippen LogP contribution in [0.1, 0.15) is 48.8 Å². The third kappa shape index (κ3) is 3.24. The molecular formula is C18H22O. The molecule has 2 aromatic carbocycles. The molecule has 0 aliphatic heterocycles. The third-order valence-electron chi connectivity index (χ3n) is 3.61. The molecule has 19 heavy (non-hydrogen) atoms. The van der Waals surface area contributed by atoms with Gasteiger partial charge < -0.3 is 5.11 Å². The Morgan fingerprint density at radius 1 is 0.842 bits per heavy atom. The van der Waals surface area contributed by atoms with E-state index in [4.69, 9.17) is 0 Å². The van der Waals surface area contributed by atoms with Crippen molar-refractivity contribution in [3.05, 3.63) is 71.3 Å². The van der Waals surface area contributed by atoms with Gasteiger partial charge in [0.2, 0.25) is 0 Å². The molecule has 0 saturated heterocycles. The zero-order chi connectivity index (χ0) is 13.7. The van der Waals surface area contributed by atoms with Crippen molar-refractivity contribution >= 4 is 0 Å². The molecule has 1 N–H and O–H groups in total. The molecule has 1 nitrogen and oxygen atoms in total. The summed E-state index contributed by atoms with van der Waals surface area (Å²) in [7, 11) is 0. The van der Waals surface area contributed by atoms with Gasteiger partial charge in [0.05, 0.1) is 0 Å². The van der Waals surface area contributed by atoms with E-state index in [-0.39, 0.29) is 12.5 Å². The summed E-state index contributed by atoms with van der Waals surface area (Å²) in [6, 6.07) is 19.1. The molecule has 0 bridgehead atoms. The smallest absolute Gasteiger partial charge is 0.0440 e. The summed E-state index contributed by atoms with van der Waals surface area (Å²) in [5.74, 6) is 0.783. The van der Waals surface area contributed by atoms with E-state index in [9.17, 15) is 5.11 Å². The summed E-state index contributed by atoms with van der Waals surface area (Å²) in [5.41, 5.74) is 4.01. The minimum absolute atomic E-state index is 0.214. The Hall–Kier alpha value is -1.60. The van der Waals surface area contributed by atoms with Gasteiger partial charge in [-0.25, -0.2) is 0 Å². The molecule has 2 aromatic rings. The number of benzene rings is 2. The highest BCUT2D eigenvalue weighted by Crippen LogP contribution is 2.33. The van der Waals surface area contributed by atoms with Crippen LogP contribution in [0.15, 0.2) is 54.6 Å². The predicted molar refractivity (Wildman–Crippen MR) is 80.5 cm³/mol. The molecule has 0 spiro atoms. The summed E-state index contributed by atoms with van der Waals surface area (Å²) >= 11 is 0. The number of hydrogen-bond acceptors (Lipinski definition) is 1. The van der Waals surface area contributed by atoms with Crippen LogP contribution in [0, 0.1) is 0 Å². The highest BCUT2D eigenvalue weighted by atomic mass is 16.3. The number of hydrogen-bond donors (Lipinski definition) is 1. The molecule has 0 heterocycles. The zero-order valence-corrected chi connectivity index (χ0v) is 11.7. The van der Waals surface area contributed by atoms with Crippen molar-refractivity contribution in [1.82, 2.24) is 0 Å². The second-order valence-electron chi connectivity index (χ2n) is 5.26. The van der Waals surface area contributed by atoms with Crippen molar-refractivity contribution in [2.24, 2.45) is 0 Å². The maximum absolute atomic E-state index is 9.39.